The lowest BCUT2D eigenvalue weighted by Crippen LogP contribution is -2.17. The number of hydrogen-bond donors (Lipinski definition) is 2. The summed E-state index contributed by atoms with van der Waals surface area (Å²) in [5, 5.41) is 10.5. The van der Waals surface area contributed by atoms with E-state index < -0.39 is 11.4 Å². The summed E-state index contributed by atoms with van der Waals surface area (Å²) >= 11 is 0. The molecule has 1 fully saturated rings. The first-order valence-corrected chi connectivity index (χ1v) is 8.95. The highest BCUT2D eigenvalue weighted by Crippen LogP contribution is 2.48. The smallest absolute Gasteiger partial charge is 0.309 e. The standard InChI is InChI=1S/C21H23N3O2/c1-20(2,3)18-10-16(22-12-23-18)17-9-14-8-13(4-5-15(14)24-17)11-21(6-7-21)19(25)26/h4-5,8-10,12,24H,6-7,11H2,1-3H3,(H,25,26). The third-order valence-corrected chi connectivity index (χ3v) is 5.25. The van der Waals surface area contributed by atoms with Gasteiger partial charge < -0.3 is 10.1 Å². The van der Waals surface area contributed by atoms with Gasteiger partial charge in [-0.3, -0.25) is 4.79 Å². The number of carboxylic acid groups (broad SMARTS) is 1. The maximum Gasteiger partial charge on any atom is 0.309 e. The van der Waals surface area contributed by atoms with Crippen LogP contribution in [0.5, 0.6) is 0 Å². The SMILES string of the molecule is CC(C)(C)c1cc(-c2cc3cc(CC4(C(=O)O)CC4)ccc3[nH]2)ncn1. The average Bonchev–Trinajstić information content (AvgIpc) is 3.25. The lowest BCUT2D eigenvalue weighted by molar-refractivity contribution is -0.143. The zero-order valence-electron chi connectivity index (χ0n) is 15.3. The van der Waals surface area contributed by atoms with Crippen LogP contribution in [0, 0.1) is 5.41 Å². The summed E-state index contributed by atoms with van der Waals surface area (Å²) in [4.78, 5) is 23.6. The fourth-order valence-corrected chi connectivity index (χ4v) is 3.35. The number of aliphatic carboxylic acids is 1. The molecular formula is C21H23N3O2. The molecule has 0 atom stereocenters. The van der Waals surface area contributed by atoms with E-state index in [9.17, 15) is 9.90 Å². The van der Waals surface area contributed by atoms with Crippen LogP contribution in [-0.2, 0) is 16.6 Å². The molecule has 1 saturated carbocycles. The Hall–Kier alpha value is -2.69. The Morgan fingerprint density at radius 3 is 2.62 bits per heavy atom. The maximum atomic E-state index is 11.4. The summed E-state index contributed by atoms with van der Waals surface area (Å²) in [7, 11) is 0. The highest BCUT2D eigenvalue weighted by atomic mass is 16.4. The van der Waals surface area contributed by atoms with Gasteiger partial charge in [-0.05, 0) is 49.1 Å². The van der Waals surface area contributed by atoms with Crippen molar-refractivity contribution in [2.45, 2.75) is 45.4 Å². The molecule has 2 N–H and O–H groups in total. The van der Waals surface area contributed by atoms with Crippen LogP contribution >= 0.6 is 0 Å². The number of nitrogens with zero attached hydrogens (tertiary/aromatic N) is 2. The van der Waals surface area contributed by atoms with Gasteiger partial charge >= 0.3 is 5.97 Å². The van der Waals surface area contributed by atoms with Crippen LogP contribution < -0.4 is 0 Å². The Morgan fingerprint density at radius 1 is 1.19 bits per heavy atom. The predicted molar refractivity (Wildman–Crippen MR) is 101 cm³/mol. The van der Waals surface area contributed by atoms with Gasteiger partial charge in [-0.2, -0.15) is 0 Å². The molecule has 5 heteroatoms. The molecule has 5 nitrogen and oxygen atoms in total. The van der Waals surface area contributed by atoms with Gasteiger partial charge in [0.1, 0.15) is 6.33 Å². The number of fused-ring (bicyclic) bond motifs is 1. The number of rotatable bonds is 4. The third-order valence-electron chi connectivity index (χ3n) is 5.25. The quantitative estimate of drug-likeness (QED) is 0.735. The number of nitrogens with one attached hydrogen (secondary N) is 1. The molecule has 26 heavy (non-hydrogen) atoms. The zero-order chi connectivity index (χ0) is 18.5. The normalized spacial score (nSPS) is 16.0. The van der Waals surface area contributed by atoms with E-state index in [4.69, 9.17) is 0 Å². The first-order chi connectivity index (χ1) is 12.3. The summed E-state index contributed by atoms with van der Waals surface area (Å²) in [5.74, 6) is -0.678. The van der Waals surface area contributed by atoms with Crippen molar-refractivity contribution >= 4 is 16.9 Å². The number of benzene rings is 1. The van der Waals surface area contributed by atoms with Crippen LogP contribution in [-0.4, -0.2) is 26.0 Å². The third kappa shape index (κ3) is 2.98. The second-order valence-electron chi connectivity index (χ2n) is 8.41. The molecule has 4 rings (SSSR count). The summed E-state index contributed by atoms with van der Waals surface area (Å²) in [6, 6.07) is 10.2. The molecule has 1 aliphatic carbocycles. The van der Waals surface area contributed by atoms with E-state index in [1.54, 1.807) is 6.33 Å². The van der Waals surface area contributed by atoms with Gasteiger partial charge in [-0.25, -0.2) is 9.97 Å². The zero-order valence-corrected chi connectivity index (χ0v) is 15.3. The van der Waals surface area contributed by atoms with Gasteiger partial charge in [0, 0.05) is 22.0 Å². The van der Waals surface area contributed by atoms with Gasteiger partial charge in [0.15, 0.2) is 0 Å². The number of H-pyrrole nitrogens is 1. The lowest BCUT2D eigenvalue weighted by Gasteiger charge is -2.17. The Kier molecular flexibility index (Phi) is 3.65. The van der Waals surface area contributed by atoms with E-state index in [2.05, 4.69) is 47.9 Å². The van der Waals surface area contributed by atoms with Crippen molar-refractivity contribution in [2.75, 3.05) is 0 Å². The minimum absolute atomic E-state index is 0.0354. The number of aromatic nitrogens is 3. The Balaban J connectivity index is 1.67. The minimum Gasteiger partial charge on any atom is -0.481 e. The number of aromatic amines is 1. The minimum atomic E-state index is -0.678. The van der Waals surface area contributed by atoms with Gasteiger partial charge in [-0.15, -0.1) is 0 Å². The van der Waals surface area contributed by atoms with E-state index in [0.29, 0.717) is 6.42 Å². The predicted octanol–water partition coefficient (Wildman–Crippen LogP) is 4.33. The molecule has 1 aliphatic rings. The molecule has 0 bridgehead atoms. The van der Waals surface area contributed by atoms with Crippen molar-refractivity contribution in [3.63, 3.8) is 0 Å². The van der Waals surface area contributed by atoms with Gasteiger partial charge in [0.25, 0.3) is 0 Å². The molecule has 0 aliphatic heterocycles. The lowest BCUT2D eigenvalue weighted by atomic mass is 9.91. The molecule has 134 valence electrons. The Bertz CT molecular complexity index is 994. The molecule has 3 aromatic rings. The van der Waals surface area contributed by atoms with Gasteiger partial charge in [-0.1, -0.05) is 26.8 Å². The number of hydrogen-bond acceptors (Lipinski definition) is 3. The molecule has 0 unspecified atom stereocenters. The van der Waals surface area contributed by atoms with Crippen molar-refractivity contribution in [3.8, 4) is 11.4 Å². The maximum absolute atomic E-state index is 11.4. The summed E-state index contributed by atoms with van der Waals surface area (Å²) < 4.78 is 0. The van der Waals surface area contributed by atoms with Gasteiger partial charge in [0.05, 0.1) is 16.8 Å². The van der Waals surface area contributed by atoms with Crippen molar-refractivity contribution in [1.29, 1.82) is 0 Å². The molecule has 2 aromatic heterocycles. The topological polar surface area (TPSA) is 78.9 Å². The first-order valence-electron chi connectivity index (χ1n) is 8.95. The van der Waals surface area contributed by atoms with E-state index in [0.717, 1.165) is 46.4 Å². The second kappa shape index (κ2) is 5.66. The Labute approximate surface area is 152 Å². The monoisotopic (exact) mass is 349 g/mol. The van der Waals surface area contributed by atoms with E-state index in [1.165, 1.54) is 0 Å². The van der Waals surface area contributed by atoms with E-state index in [-0.39, 0.29) is 5.41 Å². The second-order valence-corrected chi connectivity index (χ2v) is 8.41. The van der Waals surface area contributed by atoms with Crippen molar-refractivity contribution in [1.82, 2.24) is 15.0 Å². The largest absolute Gasteiger partial charge is 0.481 e. The molecule has 2 heterocycles. The molecular weight excluding hydrogens is 326 g/mol. The number of carbonyl (C=O) groups is 1. The van der Waals surface area contributed by atoms with E-state index in [1.807, 2.05) is 18.2 Å². The van der Waals surface area contributed by atoms with Crippen molar-refractivity contribution < 1.29 is 9.90 Å². The fourth-order valence-electron chi connectivity index (χ4n) is 3.35. The van der Waals surface area contributed by atoms with E-state index >= 15 is 0 Å². The first kappa shape index (κ1) is 16.8. The van der Waals surface area contributed by atoms with Crippen LogP contribution in [0.3, 0.4) is 0 Å². The molecule has 0 radical (unpaired) electrons. The van der Waals surface area contributed by atoms with Crippen LogP contribution in [0.25, 0.3) is 22.3 Å². The summed E-state index contributed by atoms with van der Waals surface area (Å²) in [5.41, 5.74) is 4.34. The van der Waals surface area contributed by atoms with Crippen LogP contribution in [0.4, 0.5) is 0 Å². The van der Waals surface area contributed by atoms with Crippen LogP contribution in [0.1, 0.15) is 44.9 Å². The molecule has 0 amide bonds. The molecule has 1 aromatic carbocycles. The van der Waals surface area contributed by atoms with Crippen LogP contribution in [0.15, 0.2) is 36.7 Å². The highest BCUT2D eigenvalue weighted by Gasteiger charge is 2.49. The Morgan fingerprint density at radius 2 is 1.96 bits per heavy atom. The van der Waals surface area contributed by atoms with Gasteiger partial charge in [0.2, 0.25) is 0 Å². The average molecular weight is 349 g/mol. The summed E-state index contributed by atoms with van der Waals surface area (Å²) in [6.45, 7) is 6.40. The van der Waals surface area contributed by atoms with Crippen LogP contribution in [0.2, 0.25) is 0 Å². The molecule has 0 saturated heterocycles. The molecule has 0 spiro atoms. The van der Waals surface area contributed by atoms with Crippen molar-refractivity contribution in [3.05, 3.63) is 47.9 Å². The highest BCUT2D eigenvalue weighted by molar-refractivity contribution is 5.86. The fraction of sp³-hybridized carbons (Fsp3) is 0.381. The summed E-state index contributed by atoms with van der Waals surface area (Å²) in [6.07, 6.45) is 3.75. The number of carboxylic acids is 1. The van der Waals surface area contributed by atoms with Crippen molar-refractivity contribution in [2.24, 2.45) is 5.41 Å².